The fourth-order valence-electron chi connectivity index (χ4n) is 1.87. The standard InChI is InChI=1S/C15H17ClN2O3/c1-9-4-6-13(21-9)10(2)17-15(19)18-11-5-7-14(20-3)12(16)8-11/h4-8,10H,1-3H3,(H2,17,18,19)/t10-/m1/s1. The second-order valence-electron chi connectivity index (χ2n) is 4.62. The highest BCUT2D eigenvalue weighted by molar-refractivity contribution is 6.32. The number of hydrogen-bond acceptors (Lipinski definition) is 3. The van der Waals surface area contributed by atoms with Gasteiger partial charge in [0.2, 0.25) is 0 Å². The summed E-state index contributed by atoms with van der Waals surface area (Å²) >= 11 is 6.01. The number of carbonyl (C=O) groups is 1. The van der Waals surface area contributed by atoms with Crippen molar-refractivity contribution in [3.05, 3.63) is 46.9 Å². The van der Waals surface area contributed by atoms with E-state index in [0.29, 0.717) is 22.2 Å². The Balaban J connectivity index is 1.97. The van der Waals surface area contributed by atoms with Crippen molar-refractivity contribution in [1.29, 1.82) is 0 Å². The number of carbonyl (C=O) groups excluding carboxylic acids is 1. The fourth-order valence-corrected chi connectivity index (χ4v) is 2.12. The molecule has 2 N–H and O–H groups in total. The Morgan fingerprint density at radius 2 is 2.10 bits per heavy atom. The number of aryl methyl sites for hydroxylation is 1. The Labute approximate surface area is 128 Å². The molecule has 1 aromatic heterocycles. The molecular formula is C15H17ClN2O3. The first-order valence-corrected chi connectivity index (χ1v) is 6.85. The summed E-state index contributed by atoms with van der Waals surface area (Å²) in [7, 11) is 1.54. The van der Waals surface area contributed by atoms with E-state index in [0.717, 1.165) is 5.76 Å². The number of rotatable bonds is 4. The van der Waals surface area contributed by atoms with E-state index in [4.69, 9.17) is 20.8 Å². The summed E-state index contributed by atoms with van der Waals surface area (Å²) in [4.78, 5) is 11.9. The molecule has 2 amide bonds. The maximum Gasteiger partial charge on any atom is 0.319 e. The largest absolute Gasteiger partial charge is 0.495 e. The first kappa shape index (κ1) is 15.3. The molecule has 1 atom stereocenters. The average molecular weight is 309 g/mol. The van der Waals surface area contributed by atoms with E-state index >= 15 is 0 Å². The highest BCUT2D eigenvalue weighted by atomic mass is 35.5. The Morgan fingerprint density at radius 3 is 2.67 bits per heavy atom. The minimum atomic E-state index is -0.335. The molecular weight excluding hydrogens is 292 g/mol. The van der Waals surface area contributed by atoms with Crippen molar-refractivity contribution in [2.24, 2.45) is 0 Å². The molecule has 0 saturated heterocycles. The van der Waals surface area contributed by atoms with Gasteiger partial charge in [0.05, 0.1) is 18.2 Å². The molecule has 0 aliphatic heterocycles. The summed E-state index contributed by atoms with van der Waals surface area (Å²) in [6.07, 6.45) is 0. The lowest BCUT2D eigenvalue weighted by Crippen LogP contribution is -2.30. The van der Waals surface area contributed by atoms with Crippen molar-refractivity contribution in [1.82, 2.24) is 5.32 Å². The quantitative estimate of drug-likeness (QED) is 0.892. The van der Waals surface area contributed by atoms with Crippen molar-refractivity contribution in [3.8, 4) is 5.75 Å². The number of anilines is 1. The maximum atomic E-state index is 11.9. The smallest absolute Gasteiger partial charge is 0.319 e. The predicted molar refractivity (Wildman–Crippen MR) is 82.0 cm³/mol. The van der Waals surface area contributed by atoms with E-state index < -0.39 is 0 Å². The van der Waals surface area contributed by atoms with E-state index in [2.05, 4.69) is 10.6 Å². The lowest BCUT2D eigenvalue weighted by atomic mass is 10.2. The van der Waals surface area contributed by atoms with Gasteiger partial charge in [-0.05, 0) is 44.2 Å². The number of furan rings is 1. The van der Waals surface area contributed by atoms with Gasteiger partial charge >= 0.3 is 6.03 Å². The van der Waals surface area contributed by atoms with Gasteiger partial charge in [0.25, 0.3) is 0 Å². The van der Waals surface area contributed by atoms with Crippen molar-refractivity contribution in [2.75, 3.05) is 12.4 Å². The predicted octanol–water partition coefficient (Wildman–Crippen LogP) is 4.13. The van der Waals surface area contributed by atoms with Gasteiger partial charge in [-0.15, -0.1) is 0 Å². The molecule has 2 aromatic rings. The van der Waals surface area contributed by atoms with Crippen LogP contribution < -0.4 is 15.4 Å². The average Bonchev–Trinajstić information content (AvgIpc) is 2.85. The van der Waals surface area contributed by atoms with Gasteiger partial charge in [0.1, 0.15) is 17.3 Å². The van der Waals surface area contributed by atoms with Crippen LogP contribution in [0.4, 0.5) is 10.5 Å². The monoisotopic (exact) mass is 308 g/mol. The topological polar surface area (TPSA) is 63.5 Å². The molecule has 0 aliphatic carbocycles. The number of halogens is 1. The van der Waals surface area contributed by atoms with Crippen LogP contribution in [0.3, 0.4) is 0 Å². The third-order valence-electron chi connectivity index (χ3n) is 2.95. The van der Waals surface area contributed by atoms with Crippen LogP contribution >= 0.6 is 11.6 Å². The van der Waals surface area contributed by atoms with E-state index in [-0.39, 0.29) is 12.1 Å². The zero-order valence-corrected chi connectivity index (χ0v) is 12.8. The molecule has 0 aliphatic rings. The first-order valence-electron chi connectivity index (χ1n) is 6.47. The van der Waals surface area contributed by atoms with Gasteiger partial charge < -0.3 is 19.8 Å². The molecule has 0 radical (unpaired) electrons. The highest BCUT2D eigenvalue weighted by Gasteiger charge is 2.13. The summed E-state index contributed by atoms with van der Waals surface area (Å²) in [5, 5.41) is 5.93. The number of amides is 2. The molecule has 1 heterocycles. The number of hydrogen-bond donors (Lipinski definition) is 2. The van der Waals surface area contributed by atoms with Crippen LogP contribution in [0.15, 0.2) is 34.7 Å². The van der Waals surface area contributed by atoms with E-state index in [1.165, 1.54) is 7.11 Å². The molecule has 1 aromatic carbocycles. The van der Waals surface area contributed by atoms with Crippen LogP contribution in [0.5, 0.6) is 5.75 Å². The third kappa shape index (κ3) is 3.92. The maximum absolute atomic E-state index is 11.9. The number of benzene rings is 1. The number of ether oxygens (including phenoxy) is 1. The summed E-state index contributed by atoms with van der Waals surface area (Å²) in [5.74, 6) is 2.07. The molecule has 2 rings (SSSR count). The minimum absolute atomic E-state index is 0.229. The lowest BCUT2D eigenvalue weighted by Gasteiger charge is -2.13. The molecule has 112 valence electrons. The van der Waals surface area contributed by atoms with E-state index in [9.17, 15) is 4.79 Å². The molecule has 0 fully saturated rings. The van der Waals surface area contributed by atoms with E-state index in [1.54, 1.807) is 18.2 Å². The molecule has 6 heteroatoms. The number of urea groups is 1. The molecule has 0 bridgehead atoms. The zero-order chi connectivity index (χ0) is 15.4. The van der Waals surface area contributed by atoms with Gasteiger partial charge in [0, 0.05) is 5.69 Å². The zero-order valence-electron chi connectivity index (χ0n) is 12.1. The van der Waals surface area contributed by atoms with Crippen molar-refractivity contribution in [3.63, 3.8) is 0 Å². The van der Waals surface area contributed by atoms with Crippen molar-refractivity contribution >= 4 is 23.3 Å². The van der Waals surface area contributed by atoms with Gasteiger partial charge in [-0.25, -0.2) is 4.79 Å². The van der Waals surface area contributed by atoms with Crippen LogP contribution in [0.2, 0.25) is 5.02 Å². The van der Waals surface area contributed by atoms with E-state index in [1.807, 2.05) is 26.0 Å². The molecule has 0 unspecified atom stereocenters. The Bertz CT molecular complexity index is 640. The van der Waals surface area contributed by atoms with Crippen molar-refractivity contribution < 1.29 is 13.9 Å². The van der Waals surface area contributed by atoms with Gasteiger partial charge in [0.15, 0.2) is 0 Å². The summed E-state index contributed by atoms with van der Waals surface area (Å²) in [6, 6.07) is 8.16. The molecule has 0 saturated carbocycles. The van der Waals surface area contributed by atoms with Crippen LogP contribution in [0, 0.1) is 6.92 Å². The Hall–Kier alpha value is -2.14. The van der Waals surface area contributed by atoms with Crippen LogP contribution in [0.1, 0.15) is 24.5 Å². The summed E-state index contributed by atoms with van der Waals surface area (Å²) in [5.41, 5.74) is 0.584. The Kier molecular flexibility index (Phi) is 4.75. The summed E-state index contributed by atoms with van der Waals surface area (Å²) in [6.45, 7) is 3.70. The fraction of sp³-hybridized carbons (Fsp3) is 0.267. The molecule has 0 spiro atoms. The second-order valence-corrected chi connectivity index (χ2v) is 5.03. The van der Waals surface area contributed by atoms with Crippen molar-refractivity contribution in [2.45, 2.75) is 19.9 Å². The van der Waals surface area contributed by atoms with Crippen LogP contribution in [0.25, 0.3) is 0 Å². The third-order valence-corrected chi connectivity index (χ3v) is 3.24. The highest BCUT2D eigenvalue weighted by Crippen LogP contribution is 2.27. The number of nitrogens with one attached hydrogen (secondary N) is 2. The molecule has 21 heavy (non-hydrogen) atoms. The number of methoxy groups -OCH3 is 1. The lowest BCUT2D eigenvalue weighted by molar-refractivity contribution is 0.247. The summed E-state index contributed by atoms with van der Waals surface area (Å²) < 4.78 is 10.5. The van der Waals surface area contributed by atoms with Crippen LogP contribution in [-0.4, -0.2) is 13.1 Å². The second kappa shape index (κ2) is 6.54. The SMILES string of the molecule is COc1ccc(NC(=O)N[C@H](C)c2ccc(C)o2)cc1Cl. The normalized spacial score (nSPS) is 11.8. The first-order chi connectivity index (χ1) is 9.99. The van der Waals surface area contributed by atoms with Gasteiger partial charge in [-0.1, -0.05) is 11.6 Å². The molecule has 5 nitrogen and oxygen atoms in total. The van der Waals surface area contributed by atoms with Crippen LogP contribution in [-0.2, 0) is 0 Å². The minimum Gasteiger partial charge on any atom is -0.495 e. The van der Waals surface area contributed by atoms with Gasteiger partial charge in [-0.2, -0.15) is 0 Å². The van der Waals surface area contributed by atoms with Gasteiger partial charge in [-0.3, -0.25) is 0 Å². The Morgan fingerprint density at radius 1 is 1.33 bits per heavy atom.